The van der Waals surface area contributed by atoms with Crippen molar-refractivity contribution in [2.75, 3.05) is 11.9 Å². The van der Waals surface area contributed by atoms with Crippen LogP contribution in [-0.4, -0.2) is 16.5 Å². The number of anilines is 1. The number of nitrogens with one attached hydrogen (secondary N) is 1. The van der Waals surface area contributed by atoms with Crippen LogP contribution in [0.1, 0.15) is 51.6 Å². The Labute approximate surface area is 123 Å². The molecule has 100 valence electrons. The molecule has 0 aromatic carbocycles. The number of halogens is 1. The van der Waals surface area contributed by atoms with Crippen LogP contribution in [-0.2, 0) is 6.42 Å². The van der Waals surface area contributed by atoms with Gasteiger partial charge in [-0.2, -0.15) is 0 Å². The molecule has 0 spiro atoms. The van der Waals surface area contributed by atoms with E-state index in [1.165, 1.54) is 15.7 Å². The third-order valence-electron chi connectivity index (χ3n) is 3.32. The maximum Gasteiger partial charge on any atom is 0.143 e. The van der Waals surface area contributed by atoms with Crippen LogP contribution in [0.4, 0.5) is 5.82 Å². The predicted octanol–water partition coefficient (Wildman–Crippen LogP) is 3.83. The van der Waals surface area contributed by atoms with Crippen molar-refractivity contribution in [1.82, 2.24) is 9.97 Å². The van der Waals surface area contributed by atoms with Gasteiger partial charge in [0, 0.05) is 12.5 Å². The molecular weight excluding hydrogens is 337 g/mol. The van der Waals surface area contributed by atoms with E-state index in [-0.39, 0.29) is 0 Å². The van der Waals surface area contributed by atoms with E-state index in [1.807, 2.05) is 0 Å². The summed E-state index contributed by atoms with van der Waals surface area (Å²) in [6.07, 6.45) is 2.28. The summed E-state index contributed by atoms with van der Waals surface area (Å²) in [4.78, 5) is 9.52. The SMILES string of the molecule is CCNc1nc(C2CC2C)nc(CC(C)C)c1I. The fourth-order valence-electron chi connectivity index (χ4n) is 2.17. The third-order valence-corrected chi connectivity index (χ3v) is 4.46. The largest absolute Gasteiger partial charge is 0.369 e. The van der Waals surface area contributed by atoms with Crippen molar-refractivity contribution in [2.24, 2.45) is 11.8 Å². The normalized spacial score (nSPS) is 22.3. The predicted molar refractivity (Wildman–Crippen MR) is 84.0 cm³/mol. The molecule has 1 fully saturated rings. The first-order valence-electron chi connectivity index (χ1n) is 6.83. The molecule has 2 atom stereocenters. The summed E-state index contributed by atoms with van der Waals surface area (Å²) in [6, 6.07) is 0. The average molecular weight is 359 g/mol. The summed E-state index contributed by atoms with van der Waals surface area (Å²) < 4.78 is 1.19. The van der Waals surface area contributed by atoms with Gasteiger partial charge in [0.2, 0.25) is 0 Å². The molecule has 0 bridgehead atoms. The summed E-state index contributed by atoms with van der Waals surface area (Å²) >= 11 is 2.38. The van der Waals surface area contributed by atoms with E-state index in [1.54, 1.807) is 0 Å². The Morgan fingerprint density at radius 2 is 2.06 bits per heavy atom. The van der Waals surface area contributed by atoms with Gasteiger partial charge in [0.25, 0.3) is 0 Å². The number of nitrogens with zero attached hydrogens (tertiary/aromatic N) is 2. The Morgan fingerprint density at radius 3 is 2.56 bits per heavy atom. The highest BCUT2D eigenvalue weighted by Gasteiger charge is 2.37. The molecule has 0 saturated heterocycles. The molecule has 4 heteroatoms. The van der Waals surface area contributed by atoms with E-state index in [9.17, 15) is 0 Å². The van der Waals surface area contributed by atoms with E-state index in [4.69, 9.17) is 9.97 Å². The summed E-state index contributed by atoms with van der Waals surface area (Å²) in [6.45, 7) is 9.78. The van der Waals surface area contributed by atoms with E-state index in [0.29, 0.717) is 11.8 Å². The smallest absolute Gasteiger partial charge is 0.143 e. The third kappa shape index (κ3) is 3.13. The van der Waals surface area contributed by atoms with Crippen molar-refractivity contribution in [3.8, 4) is 0 Å². The average Bonchev–Trinajstić information content (AvgIpc) is 3.01. The summed E-state index contributed by atoms with van der Waals surface area (Å²) in [5.41, 5.74) is 1.21. The monoisotopic (exact) mass is 359 g/mol. The zero-order valence-corrected chi connectivity index (χ0v) is 13.8. The lowest BCUT2D eigenvalue weighted by molar-refractivity contribution is 0.626. The molecule has 3 nitrogen and oxygen atoms in total. The van der Waals surface area contributed by atoms with Crippen molar-refractivity contribution in [3.05, 3.63) is 15.1 Å². The first-order chi connectivity index (χ1) is 8.52. The van der Waals surface area contributed by atoms with Gasteiger partial charge in [-0.05, 0) is 54.2 Å². The molecule has 2 unspecified atom stereocenters. The van der Waals surface area contributed by atoms with E-state index < -0.39 is 0 Å². The van der Waals surface area contributed by atoms with E-state index in [0.717, 1.165) is 30.5 Å². The minimum atomic E-state index is 0.588. The van der Waals surface area contributed by atoms with Crippen molar-refractivity contribution in [2.45, 2.75) is 46.5 Å². The minimum absolute atomic E-state index is 0.588. The van der Waals surface area contributed by atoms with Crippen LogP contribution in [0.15, 0.2) is 0 Å². The number of rotatable bonds is 5. The first kappa shape index (κ1) is 14.0. The lowest BCUT2D eigenvalue weighted by atomic mass is 10.1. The first-order valence-corrected chi connectivity index (χ1v) is 7.91. The van der Waals surface area contributed by atoms with Gasteiger partial charge in [-0.25, -0.2) is 9.97 Å². The maximum atomic E-state index is 4.81. The summed E-state index contributed by atoms with van der Waals surface area (Å²) in [5, 5.41) is 3.37. The minimum Gasteiger partial charge on any atom is -0.369 e. The second kappa shape index (κ2) is 5.72. The van der Waals surface area contributed by atoms with E-state index in [2.05, 4.69) is 55.6 Å². The van der Waals surface area contributed by atoms with Crippen LogP contribution in [0, 0.1) is 15.4 Å². The molecule has 0 aliphatic heterocycles. The summed E-state index contributed by atoms with van der Waals surface area (Å²) in [7, 11) is 0. The zero-order chi connectivity index (χ0) is 13.3. The Hall–Kier alpha value is -0.390. The molecular formula is C14H22IN3. The zero-order valence-electron chi connectivity index (χ0n) is 11.6. The molecule has 0 radical (unpaired) electrons. The van der Waals surface area contributed by atoms with Gasteiger partial charge in [0.15, 0.2) is 0 Å². The molecule has 1 N–H and O–H groups in total. The van der Waals surface area contributed by atoms with Crippen LogP contribution in [0.5, 0.6) is 0 Å². The van der Waals surface area contributed by atoms with Gasteiger partial charge in [-0.3, -0.25) is 0 Å². The van der Waals surface area contributed by atoms with Crippen molar-refractivity contribution in [1.29, 1.82) is 0 Å². The van der Waals surface area contributed by atoms with Gasteiger partial charge in [0.05, 0.1) is 9.26 Å². The molecule has 2 rings (SSSR count). The van der Waals surface area contributed by atoms with Crippen LogP contribution in [0.3, 0.4) is 0 Å². The van der Waals surface area contributed by atoms with Gasteiger partial charge in [-0.15, -0.1) is 0 Å². The highest BCUT2D eigenvalue weighted by Crippen LogP contribution is 2.46. The topological polar surface area (TPSA) is 37.8 Å². The van der Waals surface area contributed by atoms with Crippen LogP contribution in [0.2, 0.25) is 0 Å². The quantitative estimate of drug-likeness (QED) is 0.812. The molecule has 0 amide bonds. The fraction of sp³-hybridized carbons (Fsp3) is 0.714. The number of hydrogen-bond donors (Lipinski definition) is 1. The van der Waals surface area contributed by atoms with Crippen molar-refractivity contribution in [3.63, 3.8) is 0 Å². The fourth-order valence-corrected chi connectivity index (χ4v) is 2.82. The van der Waals surface area contributed by atoms with Gasteiger partial charge in [0.1, 0.15) is 11.6 Å². The lowest BCUT2D eigenvalue weighted by Crippen LogP contribution is -2.11. The molecule has 1 aliphatic carbocycles. The second-order valence-corrected chi connectivity index (χ2v) is 6.72. The standard InChI is InChI=1S/C14H22IN3/c1-5-16-14-12(15)11(6-8(2)3)17-13(18-14)10-7-9(10)4/h8-10H,5-7H2,1-4H3,(H,16,17,18). The Bertz CT molecular complexity index is 431. The lowest BCUT2D eigenvalue weighted by Gasteiger charge is -2.13. The highest BCUT2D eigenvalue weighted by molar-refractivity contribution is 14.1. The van der Waals surface area contributed by atoms with Gasteiger partial charge < -0.3 is 5.32 Å². The Kier molecular flexibility index (Phi) is 4.45. The molecule has 1 aromatic rings. The van der Waals surface area contributed by atoms with Crippen LogP contribution in [0.25, 0.3) is 0 Å². The van der Waals surface area contributed by atoms with E-state index >= 15 is 0 Å². The number of aromatic nitrogens is 2. The summed E-state index contributed by atoms with van der Waals surface area (Å²) in [5.74, 6) is 4.05. The van der Waals surface area contributed by atoms with Gasteiger partial charge >= 0.3 is 0 Å². The van der Waals surface area contributed by atoms with Crippen molar-refractivity contribution < 1.29 is 0 Å². The molecule has 18 heavy (non-hydrogen) atoms. The molecule has 1 aromatic heterocycles. The Morgan fingerprint density at radius 1 is 1.39 bits per heavy atom. The van der Waals surface area contributed by atoms with Crippen molar-refractivity contribution >= 4 is 28.4 Å². The Balaban J connectivity index is 2.34. The second-order valence-electron chi connectivity index (χ2n) is 5.64. The molecule has 1 saturated carbocycles. The van der Waals surface area contributed by atoms with Crippen LogP contribution >= 0.6 is 22.6 Å². The number of hydrogen-bond acceptors (Lipinski definition) is 3. The van der Waals surface area contributed by atoms with Crippen LogP contribution < -0.4 is 5.32 Å². The highest BCUT2D eigenvalue weighted by atomic mass is 127. The molecule has 1 heterocycles. The van der Waals surface area contributed by atoms with Gasteiger partial charge in [-0.1, -0.05) is 20.8 Å². The maximum absolute atomic E-state index is 4.81. The molecule has 1 aliphatic rings.